The maximum absolute atomic E-state index is 11.6. The second-order valence-corrected chi connectivity index (χ2v) is 4.46. The van der Waals surface area contributed by atoms with Gasteiger partial charge in [0.15, 0.2) is 0 Å². The van der Waals surface area contributed by atoms with E-state index < -0.39 is 0 Å². The van der Waals surface area contributed by atoms with E-state index in [1.807, 2.05) is 11.4 Å². The van der Waals surface area contributed by atoms with Crippen LogP contribution in [0.4, 0.5) is 0 Å². The van der Waals surface area contributed by atoms with Crippen molar-refractivity contribution < 1.29 is 4.79 Å². The average Bonchev–Trinajstić information content (AvgIpc) is 2.72. The Bertz CT molecular complexity index is 589. The largest absolute Gasteiger partial charge is 0.370 e. The zero-order chi connectivity index (χ0) is 12.3. The lowest BCUT2D eigenvalue weighted by molar-refractivity contribution is -0.117. The third-order valence-corrected chi connectivity index (χ3v) is 3.11. The van der Waals surface area contributed by atoms with E-state index in [9.17, 15) is 9.59 Å². The van der Waals surface area contributed by atoms with Crippen LogP contribution in [0.5, 0.6) is 0 Å². The van der Waals surface area contributed by atoms with Gasteiger partial charge < -0.3 is 16.0 Å². The van der Waals surface area contributed by atoms with Crippen LogP contribution in [0.15, 0.2) is 16.2 Å². The highest BCUT2D eigenvalue weighted by atomic mass is 32.1. The van der Waals surface area contributed by atoms with Gasteiger partial charge in [-0.3, -0.25) is 9.59 Å². The number of fused-ring (bicyclic) bond motifs is 1. The lowest BCUT2D eigenvalue weighted by Crippen LogP contribution is -2.23. The minimum Gasteiger partial charge on any atom is -0.370 e. The predicted molar refractivity (Wildman–Crippen MR) is 65.8 cm³/mol. The van der Waals surface area contributed by atoms with E-state index in [-0.39, 0.29) is 17.9 Å². The smallest absolute Gasteiger partial charge is 0.268 e. The van der Waals surface area contributed by atoms with Crippen molar-refractivity contribution >= 4 is 27.5 Å². The minimum atomic E-state index is -0.354. The summed E-state index contributed by atoms with van der Waals surface area (Å²) in [7, 11) is 0. The molecule has 0 atom stereocenters. The number of nitrogens with zero attached hydrogens (tertiary/aromatic N) is 1. The van der Waals surface area contributed by atoms with E-state index >= 15 is 0 Å². The molecule has 0 unspecified atom stereocenters. The minimum absolute atomic E-state index is 0.128. The van der Waals surface area contributed by atoms with Gasteiger partial charge >= 0.3 is 0 Å². The van der Waals surface area contributed by atoms with Crippen LogP contribution in [0.25, 0.3) is 10.2 Å². The first-order valence-electron chi connectivity index (χ1n) is 5.12. The fourth-order valence-electron chi connectivity index (χ4n) is 1.42. The Morgan fingerprint density at radius 2 is 2.41 bits per heavy atom. The van der Waals surface area contributed by atoms with Crippen molar-refractivity contribution in [3.05, 3.63) is 27.6 Å². The van der Waals surface area contributed by atoms with Crippen molar-refractivity contribution in [2.24, 2.45) is 5.73 Å². The third kappa shape index (κ3) is 2.89. The van der Waals surface area contributed by atoms with Crippen molar-refractivity contribution in [1.82, 2.24) is 15.3 Å². The number of hydrogen-bond acceptors (Lipinski definition) is 5. The summed E-state index contributed by atoms with van der Waals surface area (Å²) in [5.74, 6) is 0.206. The Kier molecular flexibility index (Phi) is 3.50. The van der Waals surface area contributed by atoms with Crippen LogP contribution in [0.2, 0.25) is 0 Å². The Morgan fingerprint density at radius 3 is 3.18 bits per heavy atom. The Morgan fingerprint density at radius 1 is 1.59 bits per heavy atom. The Balaban J connectivity index is 2.04. The third-order valence-electron chi connectivity index (χ3n) is 2.20. The molecule has 4 N–H and O–H groups in total. The highest BCUT2D eigenvalue weighted by Gasteiger charge is 2.04. The molecule has 2 heterocycles. The first-order valence-corrected chi connectivity index (χ1v) is 6.00. The average molecular weight is 252 g/mol. The second kappa shape index (κ2) is 5.07. The molecule has 0 saturated carbocycles. The Hall–Kier alpha value is -1.73. The number of hydrogen-bond donors (Lipinski definition) is 3. The standard InChI is InChI=1S/C10H12N4O2S/c11-7(15)1-3-12-5-8-13-6-2-4-17-9(6)10(16)14-8/h2,4,12H,1,3,5H2,(H2,11,15)(H,13,14,16). The van der Waals surface area contributed by atoms with Gasteiger partial charge in [0.05, 0.1) is 12.1 Å². The summed E-state index contributed by atoms with van der Waals surface area (Å²) in [5, 5.41) is 4.82. The molecule has 0 spiro atoms. The van der Waals surface area contributed by atoms with E-state index in [4.69, 9.17) is 5.73 Å². The first kappa shape index (κ1) is 11.7. The van der Waals surface area contributed by atoms with Crippen molar-refractivity contribution in [2.45, 2.75) is 13.0 Å². The van der Waals surface area contributed by atoms with Gasteiger partial charge in [-0.25, -0.2) is 4.98 Å². The van der Waals surface area contributed by atoms with Crippen molar-refractivity contribution in [3.63, 3.8) is 0 Å². The number of aromatic amines is 1. The van der Waals surface area contributed by atoms with E-state index in [1.54, 1.807) is 0 Å². The molecule has 0 saturated heterocycles. The molecule has 0 fully saturated rings. The molecule has 1 amide bonds. The summed E-state index contributed by atoms with van der Waals surface area (Å²) in [4.78, 5) is 29.1. The van der Waals surface area contributed by atoms with Crippen LogP contribution >= 0.6 is 11.3 Å². The number of primary amides is 1. The van der Waals surface area contributed by atoms with Crippen molar-refractivity contribution in [3.8, 4) is 0 Å². The first-order chi connectivity index (χ1) is 8.16. The normalized spacial score (nSPS) is 10.8. The van der Waals surface area contributed by atoms with Crippen LogP contribution in [0.1, 0.15) is 12.2 Å². The molecule has 0 aromatic carbocycles. The molecule has 0 aliphatic rings. The molecule has 17 heavy (non-hydrogen) atoms. The van der Waals surface area contributed by atoms with E-state index in [0.717, 1.165) is 0 Å². The van der Waals surface area contributed by atoms with Gasteiger partial charge in [-0.05, 0) is 11.4 Å². The van der Waals surface area contributed by atoms with Gasteiger partial charge in [-0.15, -0.1) is 11.3 Å². The fourth-order valence-corrected chi connectivity index (χ4v) is 2.15. The van der Waals surface area contributed by atoms with Crippen LogP contribution in [0.3, 0.4) is 0 Å². The number of aromatic nitrogens is 2. The van der Waals surface area contributed by atoms with E-state index in [1.165, 1.54) is 11.3 Å². The zero-order valence-corrected chi connectivity index (χ0v) is 9.84. The molecule has 0 radical (unpaired) electrons. The van der Waals surface area contributed by atoms with Crippen LogP contribution in [0, 0.1) is 0 Å². The summed E-state index contributed by atoms with van der Waals surface area (Å²) in [6.07, 6.45) is 0.269. The fraction of sp³-hybridized carbons (Fsp3) is 0.300. The summed E-state index contributed by atoms with van der Waals surface area (Å²) in [5.41, 5.74) is 5.58. The van der Waals surface area contributed by atoms with Gasteiger partial charge in [0.2, 0.25) is 5.91 Å². The molecular weight excluding hydrogens is 240 g/mol. The molecule has 7 heteroatoms. The molecule has 2 aromatic rings. The Labute approximate surface area is 101 Å². The maximum Gasteiger partial charge on any atom is 0.268 e. The lowest BCUT2D eigenvalue weighted by atomic mass is 10.4. The summed E-state index contributed by atoms with van der Waals surface area (Å²) in [6, 6.07) is 1.81. The number of nitrogens with one attached hydrogen (secondary N) is 2. The number of nitrogens with two attached hydrogens (primary N) is 1. The van der Waals surface area contributed by atoms with Gasteiger partial charge in [0.1, 0.15) is 10.5 Å². The van der Waals surface area contributed by atoms with Gasteiger partial charge in [0, 0.05) is 13.0 Å². The second-order valence-electron chi connectivity index (χ2n) is 3.54. The van der Waals surface area contributed by atoms with Crippen LogP contribution < -0.4 is 16.6 Å². The van der Waals surface area contributed by atoms with E-state index in [2.05, 4.69) is 15.3 Å². The topological polar surface area (TPSA) is 101 Å². The molecule has 0 aliphatic heterocycles. The quantitative estimate of drug-likeness (QED) is 0.649. The molecule has 0 bridgehead atoms. The zero-order valence-electron chi connectivity index (χ0n) is 9.03. The number of amides is 1. The maximum atomic E-state index is 11.6. The van der Waals surface area contributed by atoms with E-state index in [0.29, 0.717) is 29.1 Å². The number of carbonyl (C=O) groups is 1. The molecule has 90 valence electrons. The monoisotopic (exact) mass is 252 g/mol. The molecule has 0 aliphatic carbocycles. The van der Waals surface area contributed by atoms with Gasteiger partial charge in [-0.1, -0.05) is 0 Å². The summed E-state index contributed by atoms with van der Waals surface area (Å²) >= 11 is 1.37. The number of H-pyrrole nitrogens is 1. The lowest BCUT2D eigenvalue weighted by Gasteiger charge is -2.02. The summed E-state index contributed by atoms with van der Waals surface area (Å²) in [6.45, 7) is 0.884. The number of thiophene rings is 1. The van der Waals surface area contributed by atoms with Crippen molar-refractivity contribution in [2.75, 3.05) is 6.54 Å². The predicted octanol–water partition coefficient (Wildman–Crippen LogP) is -0.0504. The highest BCUT2D eigenvalue weighted by molar-refractivity contribution is 7.17. The molecule has 2 aromatic heterocycles. The highest BCUT2D eigenvalue weighted by Crippen LogP contribution is 2.13. The number of carbonyl (C=O) groups excluding carboxylic acids is 1. The van der Waals surface area contributed by atoms with Crippen LogP contribution in [-0.2, 0) is 11.3 Å². The SMILES string of the molecule is NC(=O)CCNCc1nc2ccsc2c(=O)[nH]1. The molecule has 6 nitrogen and oxygen atoms in total. The molecular formula is C10H12N4O2S. The van der Waals surface area contributed by atoms with Crippen LogP contribution in [-0.4, -0.2) is 22.4 Å². The van der Waals surface area contributed by atoms with Gasteiger partial charge in [0.25, 0.3) is 5.56 Å². The van der Waals surface area contributed by atoms with Crippen molar-refractivity contribution in [1.29, 1.82) is 0 Å². The van der Waals surface area contributed by atoms with Gasteiger partial charge in [-0.2, -0.15) is 0 Å². The summed E-state index contributed by atoms with van der Waals surface area (Å²) < 4.78 is 0.630. The molecule has 2 rings (SSSR count). The number of rotatable bonds is 5.